The topological polar surface area (TPSA) is 91.3 Å². The molecule has 2 atom stereocenters. The lowest BCUT2D eigenvalue weighted by Gasteiger charge is -2.19. The van der Waals surface area contributed by atoms with E-state index in [4.69, 9.17) is 18.9 Å². The SMILES string of the molecule is CCCCCCCCCCCCCCCC(=O)OC[C@H](O)[C@H]1OC(=O)C(OCC)=C1OCC. The van der Waals surface area contributed by atoms with Gasteiger partial charge < -0.3 is 24.1 Å². The molecule has 1 N–H and O–H groups in total. The molecule has 7 heteroatoms. The molecule has 1 heterocycles. The minimum Gasteiger partial charge on any atom is -0.490 e. The van der Waals surface area contributed by atoms with Gasteiger partial charge in [0.15, 0.2) is 11.9 Å². The number of carbonyl (C=O) groups is 2. The molecule has 0 aromatic carbocycles. The van der Waals surface area contributed by atoms with Gasteiger partial charge in [-0.15, -0.1) is 0 Å². The zero-order valence-electron chi connectivity index (χ0n) is 21.1. The van der Waals surface area contributed by atoms with E-state index in [1.807, 2.05) is 0 Å². The number of carbonyl (C=O) groups excluding carboxylic acids is 2. The number of hydrogen-bond donors (Lipinski definition) is 1. The molecule has 33 heavy (non-hydrogen) atoms. The first kappa shape index (κ1) is 29.3. The Balaban J connectivity index is 2.10. The van der Waals surface area contributed by atoms with Crippen LogP contribution in [-0.2, 0) is 28.5 Å². The van der Waals surface area contributed by atoms with Crippen LogP contribution >= 0.6 is 0 Å². The predicted octanol–water partition coefficient (Wildman–Crippen LogP) is 5.58. The number of cyclic esters (lactones) is 1. The quantitative estimate of drug-likeness (QED) is 0.173. The lowest BCUT2D eigenvalue weighted by Crippen LogP contribution is -2.34. The Morgan fingerprint density at radius 1 is 0.848 bits per heavy atom. The summed E-state index contributed by atoms with van der Waals surface area (Å²) in [5, 5.41) is 10.4. The van der Waals surface area contributed by atoms with Gasteiger partial charge in [-0.2, -0.15) is 0 Å². The van der Waals surface area contributed by atoms with Crippen LogP contribution in [-0.4, -0.2) is 49.1 Å². The molecule has 0 aliphatic carbocycles. The van der Waals surface area contributed by atoms with Crippen molar-refractivity contribution in [3.8, 4) is 0 Å². The second-order valence-corrected chi connectivity index (χ2v) is 8.63. The third-order valence-corrected chi connectivity index (χ3v) is 5.74. The maximum atomic E-state index is 12.0. The van der Waals surface area contributed by atoms with E-state index < -0.39 is 18.2 Å². The van der Waals surface area contributed by atoms with Crippen molar-refractivity contribution in [3.05, 3.63) is 11.5 Å². The van der Waals surface area contributed by atoms with Crippen LogP contribution in [0.1, 0.15) is 111 Å². The molecule has 0 bridgehead atoms. The molecule has 0 saturated carbocycles. The minimum atomic E-state index is -1.20. The fourth-order valence-electron chi connectivity index (χ4n) is 3.91. The van der Waals surface area contributed by atoms with Crippen LogP contribution < -0.4 is 0 Å². The van der Waals surface area contributed by atoms with E-state index >= 15 is 0 Å². The first-order valence-electron chi connectivity index (χ1n) is 13.1. The normalized spacial score (nSPS) is 16.6. The van der Waals surface area contributed by atoms with Gasteiger partial charge in [0.1, 0.15) is 12.7 Å². The number of rotatable bonds is 21. The van der Waals surface area contributed by atoms with Crippen molar-refractivity contribution in [3.63, 3.8) is 0 Å². The second kappa shape index (κ2) is 18.6. The summed E-state index contributed by atoms with van der Waals surface area (Å²) in [7, 11) is 0. The lowest BCUT2D eigenvalue weighted by molar-refractivity contribution is -0.155. The summed E-state index contributed by atoms with van der Waals surface area (Å²) in [6.45, 7) is 6.07. The Morgan fingerprint density at radius 2 is 1.36 bits per heavy atom. The number of hydrogen-bond acceptors (Lipinski definition) is 7. The number of ether oxygens (including phenoxy) is 4. The van der Waals surface area contributed by atoms with Crippen LogP contribution in [0.3, 0.4) is 0 Å². The van der Waals surface area contributed by atoms with Crippen LogP contribution in [0.25, 0.3) is 0 Å². The predicted molar refractivity (Wildman–Crippen MR) is 127 cm³/mol. The molecule has 0 radical (unpaired) electrons. The molecule has 0 amide bonds. The van der Waals surface area contributed by atoms with Crippen molar-refractivity contribution in [2.45, 2.75) is 123 Å². The van der Waals surface area contributed by atoms with Crippen molar-refractivity contribution in [2.24, 2.45) is 0 Å². The molecular formula is C26H46O7. The summed E-state index contributed by atoms with van der Waals surface area (Å²) >= 11 is 0. The molecule has 0 aromatic heterocycles. The third kappa shape index (κ3) is 12.3. The third-order valence-electron chi connectivity index (χ3n) is 5.74. The standard InChI is InChI=1S/C26H46O7/c1-4-7-8-9-10-11-12-13-14-15-16-17-18-19-22(28)32-20-21(27)23-24(30-5-2)25(31-6-3)26(29)33-23/h21,23,27H,4-20H2,1-3H3/t21-,23+/m0/s1. The average Bonchev–Trinajstić information content (AvgIpc) is 3.11. The van der Waals surface area contributed by atoms with Crippen molar-refractivity contribution >= 4 is 11.9 Å². The van der Waals surface area contributed by atoms with E-state index in [1.54, 1.807) is 13.8 Å². The first-order chi connectivity index (χ1) is 16.0. The highest BCUT2D eigenvalue weighted by Gasteiger charge is 2.42. The molecular weight excluding hydrogens is 424 g/mol. The zero-order chi connectivity index (χ0) is 24.3. The van der Waals surface area contributed by atoms with Crippen molar-refractivity contribution in [2.75, 3.05) is 19.8 Å². The van der Waals surface area contributed by atoms with E-state index in [-0.39, 0.29) is 30.7 Å². The molecule has 7 nitrogen and oxygen atoms in total. The van der Waals surface area contributed by atoms with Gasteiger partial charge in [0.05, 0.1) is 13.2 Å². The monoisotopic (exact) mass is 470 g/mol. The van der Waals surface area contributed by atoms with Crippen LogP contribution in [0.2, 0.25) is 0 Å². The van der Waals surface area contributed by atoms with Gasteiger partial charge in [-0.25, -0.2) is 4.79 Å². The van der Waals surface area contributed by atoms with Crippen LogP contribution in [0.15, 0.2) is 11.5 Å². The molecule has 1 aliphatic heterocycles. The number of esters is 2. The molecule has 0 spiro atoms. The highest BCUT2D eigenvalue weighted by Crippen LogP contribution is 2.27. The second-order valence-electron chi connectivity index (χ2n) is 8.63. The maximum absolute atomic E-state index is 12.0. The molecule has 0 unspecified atom stereocenters. The van der Waals surface area contributed by atoms with E-state index in [9.17, 15) is 14.7 Å². The average molecular weight is 471 g/mol. The highest BCUT2D eigenvalue weighted by molar-refractivity contribution is 5.89. The smallest absolute Gasteiger partial charge is 0.378 e. The van der Waals surface area contributed by atoms with Gasteiger partial charge in [0.25, 0.3) is 0 Å². The van der Waals surface area contributed by atoms with Gasteiger partial charge in [-0.05, 0) is 20.3 Å². The molecule has 1 rings (SSSR count). The minimum absolute atomic E-state index is 0.0262. The molecule has 0 saturated heterocycles. The zero-order valence-corrected chi connectivity index (χ0v) is 21.1. The van der Waals surface area contributed by atoms with Crippen molar-refractivity contribution < 1.29 is 33.6 Å². The highest BCUT2D eigenvalue weighted by atomic mass is 16.6. The molecule has 1 aliphatic rings. The Hall–Kier alpha value is -1.76. The summed E-state index contributed by atoms with van der Waals surface area (Å²) in [6.07, 6.45) is 14.3. The number of unbranched alkanes of at least 4 members (excludes halogenated alkanes) is 12. The Bertz CT molecular complexity index is 573. The van der Waals surface area contributed by atoms with Gasteiger partial charge in [-0.3, -0.25) is 4.79 Å². The number of aliphatic hydroxyl groups is 1. The first-order valence-corrected chi connectivity index (χ1v) is 13.1. The fraction of sp³-hybridized carbons (Fsp3) is 0.846. The maximum Gasteiger partial charge on any atom is 0.378 e. The summed E-state index contributed by atoms with van der Waals surface area (Å²) in [5.41, 5.74) is 0. The van der Waals surface area contributed by atoms with Gasteiger partial charge in [0, 0.05) is 6.42 Å². The van der Waals surface area contributed by atoms with Crippen LogP contribution in [0.5, 0.6) is 0 Å². The Morgan fingerprint density at radius 3 is 1.88 bits per heavy atom. The fourth-order valence-corrected chi connectivity index (χ4v) is 3.91. The van der Waals surface area contributed by atoms with Gasteiger partial charge >= 0.3 is 11.9 Å². The molecule has 0 fully saturated rings. The van der Waals surface area contributed by atoms with Crippen molar-refractivity contribution in [1.29, 1.82) is 0 Å². The summed E-state index contributed by atoms with van der Waals surface area (Å²) < 4.78 is 21.1. The van der Waals surface area contributed by atoms with E-state index in [1.165, 1.54) is 64.2 Å². The Kier molecular flexibility index (Phi) is 16.5. The van der Waals surface area contributed by atoms with Crippen molar-refractivity contribution in [1.82, 2.24) is 0 Å². The largest absolute Gasteiger partial charge is 0.490 e. The van der Waals surface area contributed by atoms with E-state index in [0.717, 1.165) is 19.3 Å². The summed E-state index contributed by atoms with van der Waals surface area (Å²) in [5.74, 6) is -0.901. The Labute approximate surface area is 200 Å². The van der Waals surface area contributed by atoms with Gasteiger partial charge in [-0.1, -0.05) is 84.0 Å². The lowest BCUT2D eigenvalue weighted by atomic mass is 10.0. The van der Waals surface area contributed by atoms with Gasteiger partial charge in [0.2, 0.25) is 5.76 Å². The van der Waals surface area contributed by atoms with E-state index in [0.29, 0.717) is 13.0 Å². The number of aliphatic hydroxyl groups excluding tert-OH is 1. The summed E-state index contributed by atoms with van der Waals surface area (Å²) in [4.78, 5) is 23.9. The van der Waals surface area contributed by atoms with Crippen LogP contribution in [0.4, 0.5) is 0 Å². The van der Waals surface area contributed by atoms with E-state index in [2.05, 4.69) is 6.92 Å². The molecule has 0 aromatic rings. The molecule has 192 valence electrons. The van der Waals surface area contributed by atoms with Crippen LogP contribution in [0, 0.1) is 0 Å². The summed E-state index contributed by atoms with van der Waals surface area (Å²) in [6, 6.07) is 0.